The maximum Gasteiger partial charge on any atom is 0.410 e. The molecule has 14 heteroatoms. The van der Waals surface area contributed by atoms with Crippen LogP contribution in [0.5, 0.6) is 5.75 Å². The molecule has 3 aromatic carbocycles. The van der Waals surface area contributed by atoms with Gasteiger partial charge >= 0.3 is 12.1 Å². The van der Waals surface area contributed by atoms with E-state index in [1.807, 2.05) is 31.7 Å². The van der Waals surface area contributed by atoms with E-state index in [9.17, 15) is 14.4 Å². The fourth-order valence-corrected chi connectivity index (χ4v) is 9.31. The zero-order chi connectivity index (χ0) is 38.1. The number of amides is 2. The number of halogens is 3. The number of hydrogen-bond donors (Lipinski definition) is 0. The van der Waals surface area contributed by atoms with Crippen LogP contribution in [0.15, 0.2) is 42.5 Å². The monoisotopic (exact) mass is 780 g/mol. The summed E-state index contributed by atoms with van der Waals surface area (Å²) in [6.45, 7) is 7.83. The number of methoxy groups -OCH3 is 1. The van der Waals surface area contributed by atoms with Crippen molar-refractivity contribution in [2.75, 3.05) is 49.9 Å². The molecule has 11 nitrogen and oxygen atoms in total. The van der Waals surface area contributed by atoms with Gasteiger partial charge in [0, 0.05) is 41.5 Å². The first kappa shape index (κ1) is 36.7. The molecule has 4 atom stereocenters. The highest BCUT2D eigenvalue weighted by atomic mass is 35.5. The molecule has 0 radical (unpaired) electrons. The smallest absolute Gasteiger partial charge is 0.410 e. The molecular formula is C40H43Cl2FN4O7. The van der Waals surface area contributed by atoms with E-state index in [2.05, 4.69) is 9.80 Å². The minimum Gasteiger partial charge on any atom is -0.472 e. The highest BCUT2D eigenvalue weighted by Gasteiger charge is 2.43. The van der Waals surface area contributed by atoms with Crippen molar-refractivity contribution in [2.45, 2.75) is 82.8 Å². The van der Waals surface area contributed by atoms with Crippen LogP contribution in [0.3, 0.4) is 0 Å². The van der Waals surface area contributed by atoms with Crippen LogP contribution >= 0.6 is 23.2 Å². The van der Waals surface area contributed by atoms with Gasteiger partial charge in [-0.15, -0.1) is 0 Å². The Bertz CT molecular complexity index is 1990. The first-order valence-electron chi connectivity index (χ1n) is 18.4. The molecule has 6 aliphatic heterocycles. The molecule has 3 aromatic rings. The van der Waals surface area contributed by atoms with Gasteiger partial charge in [0.05, 0.1) is 71.9 Å². The van der Waals surface area contributed by atoms with E-state index in [1.54, 1.807) is 30.3 Å². The lowest BCUT2D eigenvalue weighted by molar-refractivity contribution is 0.000848. The summed E-state index contributed by atoms with van der Waals surface area (Å²) >= 11 is 13.6. The maximum atomic E-state index is 16.0. The number of carbonyl (C=O) groups excluding carboxylic acids is 3. The summed E-state index contributed by atoms with van der Waals surface area (Å²) in [5.41, 5.74) is 2.61. The molecule has 0 aliphatic carbocycles. The van der Waals surface area contributed by atoms with E-state index in [4.69, 9.17) is 42.1 Å². The van der Waals surface area contributed by atoms with Crippen molar-refractivity contribution in [1.29, 1.82) is 0 Å². The van der Waals surface area contributed by atoms with E-state index in [0.717, 1.165) is 31.4 Å². The number of piperazine rings is 1. The van der Waals surface area contributed by atoms with Crippen LogP contribution in [0, 0.1) is 5.82 Å². The molecular weight excluding hydrogens is 738 g/mol. The van der Waals surface area contributed by atoms with Crippen LogP contribution in [-0.2, 0) is 20.8 Å². The number of fused-ring (bicyclic) bond motifs is 6. The van der Waals surface area contributed by atoms with Gasteiger partial charge in [-0.2, -0.15) is 0 Å². The van der Waals surface area contributed by atoms with Crippen molar-refractivity contribution in [1.82, 2.24) is 9.80 Å². The summed E-state index contributed by atoms with van der Waals surface area (Å²) in [5, 5.41) is 0.426. The second-order valence-electron chi connectivity index (χ2n) is 15.7. The lowest BCUT2D eigenvalue weighted by Gasteiger charge is -2.52. The average Bonchev–Trinajstić information content (AvgIpc) is 3.39. The van der Waals surface area contributed by atoms with E-state index in [-0.39, 0.29) is 70.3 Å². The first-order valence-corrected chi connectivity index (χ1v) is 19.1. The number of carbonyl (C=O) groups is 3. The molecule has 6 aliphatic rings. The summed E-state index contributed by atoms with van der Waals surface area (Å²) in [4.78, 5) is 47.5. The number of nitrogens with zero attached hydrogens (tertiary/aromatic N) is 4. The number of hydrogen-bond acceptors (Lipinski definition) is 9. The fraction of sp³-hybridized carbons (Fsp3) is 0.475. The Labute approximate surface area is 323 Å². The SMILES string of the molecule is COC(=O)c1cc(F)c(-c2cccc3c2OCN(C(=O)c2c(Cl)cc(N4C[C@@H]5CC[C@H]4CN5C(=O)OC(C)(C)C)cc2Cl)C3)cc1N1C2CCC1COC2. The standard InChI is InChI=1S/C40H43Cl2FN4O7/c1-40(2,3)54-39(50)46-18-23-8-9-24(46)17-45(23)27-12-31(41)35(32(42)13-27)37(48)44-16-22-6-5-7-28(36(22)53-21-44)29-15-34(30(14-33(29)43)38(49)51-4)47-25-10-11-26(47)20-52-19-25/h5-7,12-15,23-26H,8-11,16-21H2,1-4H3/t23-,24-,25?,26?/m0/s1. The number of ether oxygens (including phenoxy) is 4. The van der Waals surface area contributed by atoms with Gasteiger partial charge in [0.2, 0.25) is 0 Å². The molecule has 0 spiro atoms. The minimum atomic E-state index is -0.611. The van der Waals surface area contributed by atoms with Crippen molar-refractivity contribution in [3.05, 3.63) is 75.0 Å². The summed E-state index contributed by atoms with van der Waals surface area (Å²) in [7, 11) is 1.29. The lowest BCUT2D eigenvalue weighted by atomic mass is 9.90. The second-order valence-corrected chi connectivity index (χ2v) is 16.5. The van der Waals surface area contributed by atoms with Crippen molar-refractivity contribution in [3.8, 4) is 16.9 Å². The molecule has 9 rings (SSSR count). The number of rotatable bonds is 5. The van der Waals surface area contributed by atoms with Gasteiger partial charge in [-0.05, 0) is 70.7 Å². The number of esters is 1. The van der Waals surface area contributed by atoms with E-state index in [0.29, 0.717) is 48.9 Å². The van der Waals surface area contributed by atoms with Gasteiger partial charge < -0.3 is 38.5 Å². The molecule has 5 saturated heterocycles. The molecule has 6 heterocycles. The van der Waals surface area contributed by atoms with Crippen LogP contribution in [-0.4, -0.2) is 97.7 Å². The highest BCUT2D eigenvalue weighted by molar-refractivity contribution is 6.40. The van der Waals surface area contributed by atoms with Gasteiger partial charge in [0.15, 0.2) is 6.73 Å². The first-order chi connectivity index (χ1) is 25.8. The second kappa shape index (κ2) is 14.1. The molecule has 54 heavy (non-hydrogen) atoms. The van der Waals surface area contributed by atoms with Crippen LogP contribution < -0.4 is 14.5 Å². The minimum absolute atomic E-state index is 0.0144. The molecule has 4 bridgehead atoms. The number of anilines is 2. The Morgan fingerprint density at radius 3 is 2.22 bits per heavy atom. The van der Waals surface area contributed by atoms with E-state index < -0.39 is 23.3 Å². The molecule has 5 fully saturated rings. The molecule has 0 saturated carbocycles. The van der Waals surface area contributed by atoms with Gasteiger partial charge in [0.1, 0.15) is 17.2 Å². The van der Waals surface area contributed by atoms with Crippen molar-refractivity contribution < 1.29 is 37.7 Å². The van der Waals surface area contributed by atoms with Crippen LogP contribution in [0.25, 0.3) is 11.1 Å². The van der Waals surface area contributed by atoms with Crippen molar-refractivity contribution in [3.63, 3.8) is 0 Å². The van der Waals surface area contributed by atoms with E-state index in [1.165, 1.54) is 18.1 Å². The molecule has 2 amide bonds. The third-order valence-electron chi connectivity index (χ3n) is 11.1. The molecule has 286 valence electrons. The average molecular weight is 782 g/mol. The Morgan fingerprint density at radius 2 is 1.57 bits per heavy atom. The number of morpholine rings is 1. The number of piperidine rings is 2. The number of benzene rings is 3. The Balaban J connectivity index is 1.03. The predicted octanol–water partition coefficient (Wildman–Crippen LogP) is 7.53. The lowest BCUT2D eigenvalue weighted by Crippen LogP contribution is -2.64. The van der Waals surface area contributed by atoms with Gasteiger partial charge in [-0.1, -0.05) is 41.4 Å². The topological polar surface area (TPSA) is 101 Å². The summed E-state index contributed by atoms with van der Waals surface area (Å²) in [5.74, 6) is -1.15. The van der Waals surface area contributed by atoms with Crippen molar-refractivity contribution >= 4 is 52.5 Å². The van der Waals surface area contributed by atoms with Crippen LogP contribution in [0.2, 0.25) is 10.0 Å². The van der Waals surface area contributed by atoms with E-state index >= 15 is 4.39 Å². The van der Waals surface area contributed by atoms with Crippen LogP contribution in [0.4, 0.5) is 20.6 Å². The third-order valence-corrected chi connectivity index (χ3v) is 11.7. The highest BCUT2D eigenvalue weighted by Crippen LogP contribution is 2.44. The predicted molar refractivity (Wildman–Crippen MR) is 202 cm³/mol. The Hall–Kier alpha value is -4.26. The third kappa shape index (κ3) is 6.60. The largest absolute Gasteiger partial charge is 0.472 e. The van der Waals surface area contributed by atoms with Crippen molar-refractivity contribution in [2.24, 2.45) is 0 Å². The zero-order valence-corrected chi connectivity index (χ0v) is 32.2. The quantitative estimate of drug-likeness (QED) is 0.243. The number of para-hydroxylation sites is 1. The molecule has 0 N–H and O–H groups in total. The normalized spacial score (nSPS) is 23.2. The van der Waals surface area contributed by atoms with Gasteiger partial charge in [0.25, 0.3) is 5.91 Å². The maximum absolute atomic E-state index is 16.0. The Kier molecular flexibility index (Phi) is 9.59. The molecule has 2 unspecified atom stereocenters. The Morgan fingerprint density at radius 1 is 0.889 bits per heavy atom. The van der Waals surface area contributed by atoms with Gasteiger partial charge in [-0.25, -0.2) is 14.0 Å². The van der Waals surface area contributed by atoms with Crippen LogP contribution in [0.1, 0.15) is 72.7 Å². The summed E-state index contributed by atoms with van der Waals surface area (Å²) < 4.78 is 38.7. The van der Waals surface area contributed by atoms with Gasteiger partial charge in [-0.3, -0.25) is 4.79 Å². The fourth-order valence-electron chi connectivity index (χ4n) is 8.67. The summed E-state index contributed by atoms with van der Waals surface area (Å²) in [6.07, 6.45) is 3.30. The summed E-state index contributed by atoms with van der Waals surface area (Å²) in [6, 6.07) is 12.1. The zero-order valence-electron chi connectivity index (χ0n) is 30.7. The molecule has 0 aromatic heterocycles.